The molecule has 0 aliphatic rings. The van der Waals surface area contributed by atoms with E-state index in [2.05, 4.69) is 0 Å². The summed E-state index contributed by atoms with van der Waals surface area (Å²) < 4.78 is 39.3. The molecule has 0 atom stereocenters. The Morgan fingerprint density at radius 3 is 0.667 bits per heavy atom. The normalized spacial score (nSPS) is 6.67. The number of halogens is 6. The van der Waals surface area contributed by atoms with Gasteiger partial charge in [0.25, 0.3) is 0 Å². The summed E-state index contributed by atoms with van der Waals surface area (Å²) in [6.07, 6.45) is 0. The van der Waals surface area contributed by atoms with E-state index in [0.29, 0.717) is 0 Å². The van der Waals surface area contributed by atoms with Crippen molar-refractivity contribution in [1.29, 1.82) is 0 Å². The Hall–Kier alpha value is 3.07. The van der Waals surface area contributed by atoms with Gasteiger partial charge in [0.1, 0.15) is 0 Å². The van der Waals surface area contributed by atoms with E-state index in [9.17, 15) is 16.4 Å². The number of rotatable bonds is 0. The summed E-state index contributed by atoms with van der Waals surface area (Å²) in [4.78, 5) is 0. The Kier molecular flexibility index (Phi) is 44.9. The molecule has 0 rings (SSSR count). The summed E-state index contributed by atoms with van der Waals surface area (Å²) in [7, 11) is -6.61. The maximum absolute atomic E-state index is 9.83. The molecule has 0 nitrogen and oxygen atoms in total. The summed E-state index contributed by atoms with van der Waals surface area (Å²) in [6.45, 7) is 0. The topological polar surface area (TPSA) is 0 Å². The van der Waals surface area contributed by atoms with Gasteiger partial charge in [0.05, 0.1) is 0 Å². The molecule has 0 aliphatic carbocycles. The van der Waals surface area contributed by atoms with E-state index < -0.39 is 9.41 Å². The first kappa shape index (κ1) is 29.6. The predicted molar refractivity (Wildman–Crippen MR) is 10.2 cm³/mol. The van der Waals surface area contributed by atoms with Gasteiger partial charge < -0.3 is 9.41 Å². The van der Waals surface area contributed by atoms with E-state index in [0.717, 1.165) is 0 Å². The van der Waals surface area contributed by atoms with Crippen LogP contribution in [-0.4, -0.2) is 9.41 Å². The Morgan fingerprint density at radius 2 is 0.667 bits per heavy atom. The minimum atomic E-state index is -6.61. The molecule has 0 amide bonds. The molecule has 0 aromatic heterocycles. The second-order valence-electron chi connectivity index (χ2n) is 0.429. The van der Waals surface area contributed by atoms with Crippen molar-refractivity contribution in [1.82, 2.24) is 0 Å². The van der Waals surface area contributed by atoms with Crippen LogP contribution in [-0.2, 0) is 0 Å². The molecule has 0 saturated heterocycles. The second-order valence-corrected chi connectivity index (χ2v) is 1.29. The van der Waals surface area contributed by atoms with Crippen LogP contribution >= 0.6 is 0 Å². The van der Waals surface area contributed by atoms with Gasteiger partial charge >= 0.3 is 112 Å². The van der Waals surface area contributed by atoms with Crippen molar-refractivity contribution in [3.63, 3.8) is 0 Å². The average Bonchev–Trinajstić information content (AvgIpc) is 0.722. The van der Waals surface area contributed by atoms with Crippen molar-refractivity contribution < 1.29 is 129 Å². The monoisotopic (exact) mass is 220 g/mol. The largest absolute Gasteiger partial charge is 1.00 e. The van der Waals surface area contributed by atoms with Crippen LogP contribution in [0.5, 0.6) is 0 Å². The van der Waals surface area contributed by atoms with Gasteiger partial charge in [-0.3, -0.25) is 0 Å². The summed E-state index contributed by atoms with van der Waals surface area (Å²) >= 11 is 0. The minimum Gasteiger partial charge on any atom is -1.00 e. The molecule has 0 aliphatic heterocycles. The van der Waals surface area contributed by atoms with Gasteiger partial charge in [-0.15, -0.1) is 0 Å². The van der Waals surface area contributed by atoms with Crippen LogP contribution in [0, 0.1) is 0 Å². The molecule has 0 heterocycles. The van der Waals surface area contributed by atoms with Crippen LogP contribution in [0.2, 0.25) is 0 Å². The fraction of sp³-hybridized carbons (Fsp3) is 0. The van der Waals surface area contributed by atoms with Gasteiger partial charge in [0, 0.05) is 0 Å². The van der Waals surface area contributed by atoms with E-state index >= 15 is 0 Å². The molecule has 0 radical (unpaired) electrons. The first-order valence-electron chi connectivity index (χ1n) is 0.756. The maximum Gasteiger partial charge on any atom is 1.00 e. The zero-order chi connectivity index (χ0) is 4.50. The molecule has 0 unspecified atom stereocenters. The van der Waals surface area contributed by atoms with Gasteiger partial charge in [0.2, 0.25) is 0 Å². The molecule has 9 heavy (non-hydrogen) atoms. The summed E-state index contributed by atoms with van der Waals surface area (Å²) in [5, 5.41) is 0. The molecule has 0 aromatic carbocycles. The van der Waals surface area contributed by atoms with E-state index in [1.807, 2.05) is 0 Å². The molecule has 0 bridgehead atoms. The summed E-state index contributed by atoms with van der Waals surface area (Å²) in [5.41, 5.74) is 0. The predicted octanol–water partition coefficient (Wildman–Crippen LogP) is -10.7. The zero-order valence-corrected chi connectivity index (χ0v) is 12.0. The number of hydrogen-bond acceptors (Lipinski definition) is 0. The van der Waals surface area contributed by atoms with Crippen LogP contribution < -0.4 is 112 Å². The Labute approximate surface area is 134 Å². The van der Waals surface area contributed by atoms with Crippen molar-refractivity contribution in [3.05, 3.63) is 0 Å². The van der Waals surface area contributed by atoms with Gasteiger partial charge in [-0.25, -0.2) is 16.4 Å². The first-order valence-corrected chi connectivity index (χ1v) is 2.27. The molecule has 0 fully saturated rings. The van der Waals surface area contributed by atoms with Crippen molar-refractivity contribution in [3.8, 4) is 0 Å². The van der Waals surface area contributed by atoms with Crippen LogP contribution in [0.25, 0.3) is 0 Å². The van der Waals surface area contributed by atoms with Crippen molar-refractivity contribution in [2.24, 2.45) is 0 Å². The molecule has 48 valence electrons. The Balaban J connectivity index is -0.0000000133. The third-order valence-corrected chi connectivity index (χ3v) is 0. The fourth-order valence-electron chi connectivity index (χ4n) is 0. The molecular weight excluding hydrogens is 220 g/mol. The molecular formula is F6K2Si. The molecule has 0 aromatic rings. The van der Waals surface area contributed by atoms with E-state index in [-0.39, 0.29) is 112 Å². The second kappa shape index (κ2) is 13.6. The Bertz CT molecular complexity index is 26.5. The van der Waals surface area contributed by atoms with Gasteiger partial charge in [-0.1, -0.05) is 0 Å². The Morgan fingerprint density at radius 1 is 0.667 bits per heavy atom. The van der Waals surface area contributed by atoms with E-state index in [1.54, 1.807) is 0 Å². The van der Waals surface area contributed by atoms with Crippen molar-refractivity contribution >= 4 is 9.41 Å². The average molecular weight is 220 g/mol. The standard InChI is InChI=1S/F4Si.2FH.2K/c1-5(2,3)4;;;;/h;2*1H;;/q;;;2*+1/p-2. The van der Waals surface area contributed by atoms with Gasteiger partial charge in [-0.2, -0.15) is 0 Å². The third kappa shape index (κ3) is 96.6. The van der Waals surface area contributed by atoms with Crippen LogP contribution in [0.1, 0.15) is 0 Å². The first-order chi connectivity index (χ1) is 2.00. The summed E-state index contributed by atoms with van der Waals surface area (Å²) in [6, 6.07) is 0. The summed E-state index contributed by atoms with van der Waals surface area (Å²) in [5.74, 6) is 0. The van der Waals surface area contributed by atoms with Gasteiger partial charge in [0.15, 0.2) is 0 Å². The fourth-order valence-corrected chi connectivity index (χ4v) is 0. The van der Waals surface area contributed by atoms with E-state index in [4.69, 9.17) is 0 Å². The van der Waals surface area contributed by atoms with Crippen LogP contribution in [0.15, 0.2) is 0 Å². The maximum atomic E-state index is 9.83. The quantitative estimate of drug-likeness (QED) is 0.216. The third-order valence-electron chi connectivity index (χ3n) is 0. The zero-order valence-electron chi connectivity index (χ0n) is 4.77. The molecule has 0 saturated carbocycles. The van der Waals surface area contributed by atoms with Crippen molar-refractivity contribution in [2.75, 3.05) is 0 Å². The smallest absolute Gasteiger partial charge is 1.00 e. The minimum absolute atomic E-state index is 0. The SMILES string of the molecule is F[Si](F)(F)F.[F-].[F-].[K+].[K+]. The van der Waals surface area contributed by atoms with Crippen LogP contribution in [0.3, 0.4) is 0 Å². The van der Waals surface area contributed by atoms with Crippen molar-refractivity contribution in [2.45, 2.75) is 0 Å². The molecule has 9 heteroatoms. The van der Waals surface area contributed by atoms with E-state index in [1.165, 1.54) is 0 Å². The molecule has 0 N–H and O–H groups in total. The van der Waals surface area contributed by atoms with Crippen LogP contribution in [0.4, 0.5) is 16.4 Å². The molecule has 0 spiro atoms. The number of hydrogen-bond donors (Lipinski definition) is 0. The van der Waals surface area contributed by atoms with Gasteiger partial charge in [-0.05, 0) is 0 Å².